The molecule has 3 aromatic rings. The predicted molar refractivity (Wildman–Crippen MR) is 130 cm³/mol. The molecule has 0 saturated heterocycles. The van der Waals surface area contributed by atoms with Gasteiger partial charge in [-0.1, -0.05) is 54.1 Å². The highest BCUT2D eigenvalue weighted by molar-refractivity contribution is 7.80. The molecule has 2 N–H and O–H groups in total. The number of hydrogen-bond acceptors (Lipinski definition) is 4. The molecule has 5 nitrogen and oxygen atoms in total. The molecule has 160 valence electrons. The Kier molecular flexibility index (Phi) is 8.70. The fourth-order valence-electron chi connectivity index (χ4n) is 2.80. The lowest BCUT2D eigenvalue weighted by Crippen LogP contribution is -2.33. The summed E-state index contributed by atoms with van der Waals surface area (Å²) in [6.07, 6.45) is 2.57. The third kappa shape index (κ3) is 7.59. The van der Waals surface area contributed by atoms with Gasteiger partial charge in [0.25, 0.3) is 0 Å². The van der Waals surface area contributed by atoms with Crippen molar-refractivity contribution in [3.8, 4) is 11.5 Å². The molecule has 0 aliphatic carbocycles. The zero-order valence-electron chi connectivity index (χ0n) is 17.2. The number of hydrogen-bond donors (Lipinski definition) is 2. The van der Waals surface area contributed by atoms with E-state index in [4.69, 9.17) is 33.3 Å². The van der Waals surface area contributed by atoms with Crippen LogP contribution in [0.1, 0.15) is 16.7 Å². The van der Waals surface area contributed by atoms with Crippen molar-refractivity contribution >= 4 is 35.1 Å². The Hall–Kier alpha value is -3.09. The van der Waals surface area contributed by atoms with Crippen molar-refractivity contribution in [3.63, 3.8) is 0 Å². The van der Waals surface area contributed by atoms with Crippen molar-refractivity contribution in [1.29, 1.82) is 0 Å². The normalized spacial score (nSPS) is 10.6. The van der Waals surface area contributed by atoms with Crippen molar-refractivity contribution < 1.29 is 9.47 Å². The van der Waals surface area contributed by atoms with Gasteiger partial charge in [0, 0.05) is 11.6 Å². The van der Waals surface area contributed by atoms with E-state index < -0.39 is 0 Å². The number of rotatable bonds is 9. The van der Waals surface area contributed by atoms with Gasteiger partial charge in [-0.05, 0) is 65.7 Å². The van der Waals surface area contributed by atoms with Crippen LogP contribution in [-0.2, 0) is 13.0 Å². The van der Waals surface area contributed by atoms with E-state index in [1.807, 2.05) is 60.7 Å². The number of nitrogens with one attached hydrogen (secondary N) is 2. The van der Waals surface area contributed by atoms with E-state index in [1.54, 1.807) is 13.3 Å². The van der Waals surface area contributed by atoms with Gasteiger partial charge in [0.15, 0.2) is 16.6 Å². The highest BCUT2D eigenvalue weighted by Crippen LogP contribution is 2.28. The molecular formula is C24H24ClN3O2S. The molecule has 0 amide bonds. The van der Waals surface area contributed by atoms with Gasteiger partial charge in [0.1, 0.15) is 6.61 Å². The molecule has 0 aliphatic rings. The van der Waals surface area contributed by atoms with Gasteiger partial charge in [0.2, 0.25) is 0 Å². The number of nitrogens with zero attached hydrogens (tertiary/aromatic N) is 1. The van der Waals surface area contributed by atoms with Crippen LogP contribution in [0.4, 0.5) is 0 Å². The Morgan fingerprint density at radius 3 is 2.52 bits per heavy atom. The van der Waals surface area contributed by atoms with Crippen LogP contribution in [0.2, 0.25) is 5.02 Å². The summed E-state index contributed by atoms with van der Waals surface area (Å²) >= 11 is 11.2. The smallest absolute Gasteiger partial charge is 0.186 e. The topological polar surface area (TPSA) is 54.9 Å². The molecule has 0 fully saturated rings. The number of hydrazone groups is 1. The number of thiocarbonyl (C=S) groups is 1. The van der Waals surface area contributed by atoms with E-state index in [-0.39, 0.29) is 0 Å². The fraction of sp³-hybridized carbons (Fsp3) is 0.167. The quantitative estimate of drug-likeness (QED) is 0.272. The standard InChI is InChI=1S/C24H24ClN3O2S/c1-29-23-15-20(9-12-22(23)30-17-19-7-10-21(25)11-8-19)16-27-28-24(31)26-14-13-18-5-3-2-4-6-18/h2-12,15-16H,13-14,17H2,1H3,(H2,26,28,31)/b27-16+. The summed E-state index contributed by atoms with van der Waals surface area (Å²) in [5.41, 5.74) is 5.96. The second kappa shape index (κ2) is 11.9. The van der Waals surface area contributed by atoms with Crippen LogP contribution in [-0.4, -0.2) is 25.0 Å². The summed E-state index contributed by atoms with van der Waals surface area (Å²) in [5.74, 6) is 1.28. The van der Waals surface area contributed by atoms with Crippen LogP contribution in [0.3, 0.4) is 0 Å². The maximum Gasteiger partial charge on any atom is 0.186 e. The second-order valence-electron chi connectivity index (χ2n) is 6.69. The second-order valence-corrected chi connectivity index (χ2v) is 7.53. The number of ether oxygens (including phenoxy) is 2. The molecule has 0 saturated carbocycles. The maximum absolute atomic E-state index is 5.92. The molecule has 0 unspecified atom stereocenters. The van der Waals surface area contributed by atoms with Gasteiger partial charge >= 0.3 is 0 Å². The van der Waals surface area contributed by atoms with E-state index in [0.29, 0.717) is 28.2 Å². The molecule has 31 heavy (non-hydrogen) atoms. The van der Waals surface area contributed by atoms with Crippen LogP contribution < -0.4 is 20.2 Å². The molecule has 0 radical (unpaired) electrons. The first-order chi connectivity index (χ1) is 15.1. The molecule has 0 spiro atoms. The molecule has 7 heteroatoms. The van der Waals surface area contributed by atoms with Crippen molar-refractivity contribution in [1.82, 2.24) is 10.7 Å². The molecule has 3 rings (SSSR count). The van der Waals surface area contributed by atoms with Crippen LogP contribution in [0.5, 0.6) is 11.5 Å². The highest BCUT2D eigenvalue weighted by atomic mass is 35.5. The summed E-state index contributed by atoms with van der Waals surface area (Å²) in [7, 11) is 1.61. The van der Waals surface area contributed by atoms with E-state index in [0.717, 1.165) is 24.1 Å². The fourth-order valence-corrected chi connectivity index (χ4v) is 3.08. The molecule has 0 aliphatic heterocycles. The SMILES string of the molecule is COc1cc(/C=N/NC(=S)NCCc2ccccc2)ccc1OCc1ccc(Cl)cc1. The van der Waals surface area contributed by atoms with Crippen molar-refractivity contribution in [2.45, 2.75) is 13.0 Å². The van der Waals surface area contributed by atoms with Gasteiger partial charge < -0.3 is 14.8 Å². The number of benzene rings is 3. The summed E-state index contributed by atoms with van der Waals surface area (Å²) in [4.78, 5) is 0. The Labute approximate surface area is 193 Å². The van der Waals surface area contributed by atoms with Crippen LogP contribution in [0.25, 0.3) is 0 Å². The first kappa shape index (κ1) is 22.6. The third-order valence-electron chi connectivity index (χ3n) is 4.42. The zero-order valence-corrected chi connectivity index (χ0v) is 18.7. The summed E-state index contributed by atoms with van der Waals surface area (Å²) in [6.45, 7) is 1.16. The molecule has 0 atom stereocenters. The largest absolute Gasteiger partial charge is 0.493 e. The lowest BCUT2D eigenvalue weighted by molar-refractivity contribution is 0.284. The molecular weight excluding hydrogens is 430 g/mol. The van der Waals surface area contributed by atoms with Crippen molar-refractivity contribution in [3.05, 3.63) is 94.5 Å². The average Bonchev–Trinajstić information content (AvgIpc) is 2.80. The van der Waals surface area contributed by atoms with Gasteiger partial charge in [-0.2, -0.15) is 5.10 Å². The van der Waals surface area contributed by atoms with Crippen LogP contribution >= 0.6 is 23.8 Å². The summed E-state index contributed by atoms with van der Waals surface area (Å²) in [6, 6.07) is 23.4. The Morgan fingerprint density at radius 1 is 1.00 bits per heavy atom. The monoisotopic (exact) mass is 453 g/mol. The van der Waals surface area contributed by atoms with E-state index in [9.17, 15) is 0 Å². The Bertz CT molecular complexity index is 1010. The minimum Gasteiger partial charge on any atom is -0.493 e. The lowest BCUT2D eigenvalue weighted by Gasteiger charge is -2.11. The van der Waals surface area contributed by atoms with Crippen molar-refractivity contribution in [2.75, 3.05) is 13.7 Å². The Morgan fingerprint density at radius 2 is 1.77 bits per heavy atom. The first-order valence-electron chi connectivity index (χ1n) is 9.80. The lowest BCUT2D eigenvalue weighted by atomic mass is 10.1. The Balaban J connectivity index is 1.47. The van der Waals surface area contributed by atoms with Gasteiger partial charge in [0.05, 0.1) is 13.3 Å². The van der Waals surface area contributed by atoms with Gasteiger partial charge in [-0.25, -0.2) is 0 Å². The average molecular weight is 454 g/mol. The highest BCUT2D eigenvalue weighted by Gasteiger charge is 2.06. The van der Waals surface area contributed by atoms with E-state index in [1.165, 1.54) is 5.56 Å². The van der Waals surface area contributed by atoms with E-state index >= 15 is 0 Å². The summed E-state index contributed by atoms with van der Waals surface area (Å²) in [5, 5.41) is 8.50. The minimum absolute atomic E-state index is 0.422. The third-order valence-corrected chi connectivity index (χ3v) is 4.90. The van der Waals surface area contributed by atoms with E-state index in [2.05, 4.69) is 28.0 Å². The van der Waals surface area contributed by atoms with Crippen LogP contribution in [0, 0.1) is 0 Å². The maximum atomic E-state index is 5.92. The zero-order chi connectivity index (χ0) is 21.9. The number of methoxy groups -OCH3 is 1. The predicted octanol–water partition coefficient (Wildman–Crippen LogP) is 4.97. The molecule has 0 aromatic heterocycles. The van der Waals surface area contributed by atoms with Gasteiger partial charge in [-0.3, -0.25) is 5.43 Å². The number of halogens is 1. The first-order valence-corrected chi connectivity index (χ1v) is 10.6. The van der Waals surface area contributed by atoms with Gasteiger partial charge in [-0.15, -0.1) is 0 Å². The van der Waals surface area contributed by atoms with Crippen LogP contribution in [0.15, 0.2) is 77.9 Å². The minimum atomic E-state index is 0.422. The van der Waals surface area contributed by atoms with Crippen molar-refractivity contribution in [2.24, 2.45) is 5.10 Å². The molecule has 0 heterocycles. The summed E-state index contributed by atoms with van der Waals surface area (Å²) < 4.78 is 11.3. The molecule has 0 bridgehead atoms. The molecule has 3 aromatic carbocycles.